The Morgan fingerprint density at radius 1 is 1.05 bits per heavy atom. The Balaban J connectivity index is 1.57. The van der Waals surface area contributed by atoms with Gasteiger partial charge in [0, 0.05) is 35.4 Å². The van der Waals surface area contributed by atoms with E-state index in [2.05, 4.69) is 5.32 Å². The molecule has 0 radical (unpaired) electrons. The van der Waals surface area contributed by atoms with Crippen molar-refractivity contribution in [3.63, 3.8) is 0 Å². The third kappa shape index (κ3) is 7.69. The van der Waals surface area contributed by atoms with Crippen LogP contribution in [0.3, 0.4) is 0 Å². The van der Waals surface area contributed by atoms with Crippen molar-refractivity contribution < 1.29 is 29.3 Å². The van der Waals surface area contributed by atoms with Crippen LogP contribution in [0.2, 0.25) is 0 Å². The first-order valence-corrected chi connectivity index (χ1v) is 15.2. The van der Waals surface area contributed by atoms with Gasteiger partial charge in [-0.2, -0.15) is 0 Å². The highest BCUT2D eigenvalue weighted by atomic mass is 32.2. The average Bonchev–Trinajstić information content (AvgIpc) is 3.30. The number of phenols is 1. The molecule has 3 aromatic carbocycles. The van der Waals surface area contributed by atoms with Crippen LogP contribution in [-0.2, 0) is 22.5 Å². The summed E-state index contributed by atoms with van der Waals surface area (Å²) in [5.74, 6) is -0.585. The Labute approximate surface area is 256 Å². The Kier molecular flexibility index (Phi) is 10.4. The number of rotatable bonds is 10. The first-order chi connectivity index (χ1) is 20.5. The van der Waals surface area contributed by atoms with E-state index in [1.165, 1.54) is 22.7 Å². The summed E-state index contributed by atoms with van der Waals surface area (Å²) in [6.45, 7) is 7.61. The van der Waals surface area contributed by atoms with Gasteiger partial charge in [-0.05, 0) is 56.5 Å². The zero-order chi connectivity index (χ0) is 31.1. The van der Waals surface area contributed by atoms with Gasteiger partial charge in [0.1, 0.15) is 11.8 Å². The molecule has 1 heterocycles. The first kappa shape index (κ1) is 31.9. The fourth-order valence-corrected chi connectivity index (χ4v) is 6.25. The van der Waals surface area contributed by atoms with Crippen LogP contribution < -0.4 is 5.32 Å². The van der Waals surface area contributed by atoms with Crippen molar-refractivity contribution in [2.24, 2.45) is 0 Å². The number of ether oxygens (including phenoxy) is 1. The van der Waals surface area contributed by atoms with Crippen LogP contribution in [0.4, 0.5) is 4.79 Å². The Bertz CT molecular complexity index is 1450. The molecule has 2 unspecified atom stereocenters. The van der Waals surface area contributed by atoms with Gasteiger partial charge in [0.2, 0.25) is 5.91 Å². The molecule has 0 spiro atoms. The average molecular weight is 606 g/mol. The minimum absolute atomic E-state index is 0.0138. The van der Waals surface area contributed by atoms with Gasteiger partial charge in [0.15, 0.2) is 6.23 Å². The van der Waals surface area contributed by atoms with E-state index in [4.69, 9.17) is 4.74 Å². The second-order valence-corrected chi connectivity index (χ2v) is 12.7. The predicted molar refractivity (Wildman–Crippen MR) is 167 cm³/mol. The SMILES string of the molecule is Cc1ccccc1CN(CCO)C(=O)C1N(C(=O)OC(Cc2ccccc2)NC(=O)c2cccc(O)c2C)CSC1(C)C. The van der Waals surface area contributed by atoms with Gasteiger partial charge in [-0.3, -0.25) is 14.5 Å². The molecule has 3 amide bonds. The van der Waals surface area contributed by atoms with Crippen LogP contribution in [0, 0.1) is 13.8 Å². The molecule has 1 aliphatic heterocycles. The minimum Gasteiger partial charge on any atom is -0.508 e. The van der Waals surface area contributed by atoms with Crippen molar-refractivity contribution in [2.75, 3.05) is 19.0 Å². The van der Waals surface area contributed by atoms with E-state index >= 15 is 0 Å². The molecule has 10 heteroatoms. The Morgan fingerprint density at radius 2 is 1.74 bits per heavy atom. The van der Waals surface area contributed by atoms with E-state index in [0.717, 1.165) is 16.7 Å². The number of nitrogens with zero attached hydrogens (tertiary/aromatic N) is 2. The smallest absolute Gasteiger partial charge is 0.413 e. The number of hydrogen-bond donors (Lipinski definition) is 3. The second kappa shape index (κ2) is 14.0. The van der Waals surface area contributed by atoms with Gasteiger partial charge in [-0.25, -0.2) is 4.79 Å². The zero-order valence-electron chi connectivity index (χ0n) is 24.9. The highest BCUT2D eigenvalue weighted by molar-refractivity contribution is 8.00. The molecule has 1 aliphatic rings. The first-order valence-electron chi connectivity index (χ1n) is 14.2. The summed E-state index contributed by atoms with van der Waals surface area (Å²) in [5, 5.41) is 22.7. The third-order valence-corrected chi connectivity index (χ3v) is 9.04. The predicted octanol–water partition coefficient (Wildman–Crippen LogP) is 4.62. The van der Waals surface area contributed by atoms with Crippen LogP contribution in [0.15, 0.2) is 72.8 Å². The largest absolute Gasteiger partial charge is 0.508 e. The minimum atomic E-state index is -1.05. The molecule has 2 atom stereocenters. The molecule has 228 valence electrons. The van der Waals surface area contributed by atoms with Crippen LogP contribution in [0.1, 0.15) is 46.5 Å². The normalized spacial score (nSPS) is 16.4. The van der Waals surface area contributed by atoms with Crippen LogP contribution in [0.5, 0.6) is 5.75 Å². The number of hydrogen-bond acceptors (Lipinski definition) is 7. The molecule has 43 heavy (non-hydrogen) atoms. The topological polar surface area (TPSA) is 119 Å². The lowest BCUT2D eigenvalue weighted by molar-refractivity contribution is -0.138. The number of benzene rings is 3. The lowest BCUT2D eigenvalue weighted by Gasteiger charge is -2.35. The fraction of sp³-hybridized carbons (Fsp3) is 0.364. The van der Waals surface area contributed by atoms with E-state index in [1.807, 2.05) is 75.4 Å². The van der Waals surface area contributed by atoms with Crippen molar-refractivity contribution in [1.82, 2.24) is 15.1 Å². The number of amides is 3. The summed E-state index contributed by atoms with van der Waals surface area (Å²) >= 11 is 1.46. The summed E-state index contributed by atoms with van der Waals surface area (Å²) in [7, 11) is 0. The van der Waals surface area contributed by atoms with Crippen molar-refractivity contribution in [2.45, 2.75) is 57.7 Å². The highest BCUT2D eigenvalue weighted by Crippen LogP contribution is 2.40. The van der Waals surface area contributed by atoms with Crippen molar-refractivity contribution >= 4 is 29.7 Å². The summed E-state index contributed by atoms with van der Waals surface area (Å²) < 4.78 is 5.28. The van der Waals surface area contributed by atoms with Gasteiger partial charge in [0.05, 0.1) is 12.5 Å². The van der Waals surface area contributed by atoms with Crippen LogP contribution >= 0.6 is 11.8 Å². The zero-order valence-corrected chi connectivity index (χ0v) is 25.8. The molecule has 0 aliphatic carbocycles. The molecule has 0 aromatic heterocycles. The maximum Gasteiger partial charge on any atom is 0.413 e. The Morgan fingerprint density at radius 3 is 2.44 bits per heavy atom. The number of nitrogens with one attached hydrogen (secondary N) is 1. The number of aryl methyl sites for hydroxylation is 1. The van der Waals surface area contributed by atoms with Gasteiger partial charge < -0.3 is 25.2 Å². The van der Waals surface area contributed by atoms with E-state index in [9.17, 15) is 24.6 Å². The molecule has 0 saturated carbocycles. The highest BCUT2D eigenvalue weighted by Gasteiger charge is 2.50. The third-order valence-electron chi connectivity index (χ3n) is 7.67. The maximum absolute atomic E-state index is 14.0. The van der Waals surface area contributed by atoms with Crippen LogP contribution in [-0.4, -0.2) is 74.0 Å². The van der Waals surface area contributed by atoms with E-state index < -0.39 is 29.0 Å². The number of carbonyl (C=O) groups is 3. The number of aliphatic hydroxyl groups is 1. The summed E-state index contributed by atoms with van der Waals surface area (Å²) in [4.78, 5) is 44.0. The fourth-order valence-electron chi connectivity index (χ4n) is 5.14. The number of carbonyl (C=O) groups excluding carboxylic acids is 3. The molecule has 1 saturated heterocycles. The van der Waals surface area contributed by atoms with Crippen molar-refractivity contribution in [3.05, 3.63) is 101 Å². The monoisotopic (exact) mass is 605 g/mol. The summed E-state index contributed by atoms with van der Waals surface area (Å²) in [5.41, 5.74) is 3.48. The quantitative estimate of drug-likeness (QED) is 0.289. The summed E-state index contributed by atoms with van der Waals surface area (Å²) in [6.07, 6.45) is -1.58. The Hall–Kier alpha value is -4.02. The number of aliphatic hydroxyl groups excluding tert-OH is 1. The molecule has 9 nitrogen and oxygen atoms in total. The van der Waals surface area contributed by atoms with E-state index in [0.29, 0.717) is 12.1 Å². The molecular weight excluding hydrogens is 566 g/mol. The van der Waals surface area contributed by atoms with Gasteiger partial charge in [-0.15, -0.1) is 11.8 Å². The van der Waals surface area contributed by atoms with Crippen molar-refractivity contribution in [3.8, 4) is 5.75 Å². The lowest BCUT2D eigenvalue weighted by Crippen LogP contribution is -2.55. The summed E-state index contributed by atoms with van der Waals surface area (Å²) in [6, 6.07) is 20.9. The number of thioether (sulfide) groups is 1. The van der Waals surface area contributed by atoms with Crippen LogP contribution in [0.25, 0.3) is 0 Å². The standard InChI is InChI=1S/C33H39N3O6S/c1-22-11-8-9-14-25(22)20-35(17-18-37)31(40)29-33(3,4)43-21-36(29)32(41)42-28(19-24-12-6-5-7-13-24)34-30(39)26-15-10-16-27(38)23(26)2/h5-16,28-29,37-38H,17-21H2,1-4H3,(H,34,39). The number of aromatic hydroxyl groups is 1. The van der Waals surface area contributed by atoms with Gasteiger partial charge in [-0.1, -0.05) is 60.7 Å². The van der Waals surface area contributed by atoms with E-state index in [-0.39, 0.29) is 42.7 Å². The van der Waals surface area contributed by atoms with E-state index in [1.54, 1.807) is 24.0 Å². The molecule has 1 fully saturated rings. The molecular formula is C33H39N3O6S. The molecule has 3 N–H and O–H groups in total. The lowest BCUT2D eigenvalue weighted by atomic mass is 10.00. The second-order valence-electron chi connectivity index (χ2n) is 11.1. The maximum atomic E-state index is 14.0. The van der Waals surface area contributed by atoms with Gasteiger partial charge in [0.25, 0.3) is 5.91 Å². The van der Waals surface area contributed by atoms with Gasteiger partial charge >= 0.3 is 6.09 Å². The molecule has 0 bridgehead atoms. The molecule has 3 aromatic rings. The van der Waals surface area contributed by atoms with Crippen molar-refractivity contribution in [1.29, 1.82) is 0 Å². The molecule has 4 rings (SSSR count). The number of phenolic OH excluding ortho intramolecular Hbond substituents is 1.